The third-order valence-corrected chi connectivity index (χ3v) is 3.33. The highest BCUT2D eigenvalue weighted by Crippen LogP contribution is 2.19. The molecule has 2 heterocycles. The third-order valence-electron chi connectivity index (χ3n) is 3.33. The van der Waals surface area contributed by atoms with Gasteiger partial charge in [-0.05, 0) is 18.2 Å². The van der Waals surface area contributed by atoms with E-state index in [9.17, 15) is 9.59 Å². The Bertz CT molecular complexity index is 840. The third kappa shape index (κ3) is 2.54. The molecular weight excluding hydrogens is 280 g/mol. The molecule has 0 aliphatic heterocycles. The molecule has 0 aliphatic rings. The number of aryl methyl sites for hydroxylation is 1. The van der Waals surface area contributed by atoms with Gasteiger partial charge in [-0.15, -0.1) is 0 Å². The summed E-state index contributed by atoms with van der Waals surface area (Å²) in [4.78, 5) is 28.0. The molecule has 2 N–H and O–H groups in total. The first-order valence-corrected chi connectivity index (χ1v) is 6.72. The molecule has 0 atom stereocenters. The normalized spacial score (nSPS) is 10.4. The quantitative estimate of drug-likeness (QED) is 0.706. The van der Waals surface area contributed by atoms with E-state index in [1.807, 2.05) is 35.9 Å². The number of amides is 2. The summed E-state index contributed by atoms with van der Waals surface area (Å²) in [7, 11) is 1.87. The van der Waals surface area contributed by atoms with Crippen LogP contribution in [0, 0.1) is 0 Å². The highest BCUT2D eigenvalue weighted by Gasteiger charge is 2.14. The van der Waals surface area contributed by atoms with Gasteiger partial charge in [0.15, 0.2) is 0 Å². The molecule has 110 valence electrons. The van der Waals surface area contributed by atoms with Gasteiger partial charge in [0.2, 0.25) is 0 Å². The summed E-state index contributed by atoms with van der Waals surface area (Å²) in [6.07, 6.45) is 3.24. The number of carbonyl (C=O) groups excluding carboxylic acids is 2. The predicted molar refractivity (Wildman–Crippen MR) is 82.1 cm³/mol. The molecule has 0 bridgehead atoms. The average Bonchev–Trinajstić information content (AvgIpc) is 2.91. The molecule has 0 radical (unpaired) electrons. The second-order valence-corrected chi connectivity index (χ2v) is 4.79. The molecule has 0 aliphatic carbocycles. The Balaban J connectivity index is 1.76. The summed E-state index contributed by atoms with van der Waals surface area (Å²) in [6.45, 7) is 0. The lowest BCUT2D eigenvalue weighted by atomic mass is 10.2. The lowest BCUT2D eigenvalue weighted by Crippen LogP contribution is -2.41. The lowest BCUT2D eigenvalue weighted by molar-refractivity contribution is 0.0844. The SMILES string of the molecule is Cn1cc(C(=O)NNC(=O)c2ccccn2)c2ccccc21. The zero-order chi connectivity index (χ0) is 15.5. The van der Waals surface area contributed by atoms with Gasteiger partial charge in [0.25, 0.3) is 11.8 Å². The zero-order valence-corrected chi connectivity index (χ0v) is 11.9. The number of hydrazine groups is 1. The Morgan fingerprint density at radius 3 is 2.50 bits per heavy atom. The Kier molecular flexibility index (Phi) is 3.57. The predicted octanol–water partition coefficient (Wildman–Crippen LogP) is 1.65. The summed E-state index contributed by atoms with van der Waals surface area (Å²) in [6, 6.07) is 12.6. The van der Waals surface area contributed by atoms with E-state index in [0.29, 0.717) is 5.56 Å². The number of rotatable bonds is 2. The summed E-state index contributed by atoms with van der Waals surface area (Å²) < 4.78 is 1.87. The van der Waals surface area contributed by atoms with Crippen molar-refractivity contribution >= 4 is 22.7 Å². The van der Waals surface area contributed by atoms with Crippen molar-refractivity contribution in [2.24, 2.45) is 7.05 Å². The highest BCUT2D eigenvalue weighted by molar-refractivity contribution is 6.07. The standard InChI is InChI=1S/C16H14N4O2/c1-20-10-12(11-6-2-3-8-14(11)20)15(21)18-19-16(22)13-7-4-5-9-17-13/h2-10H,1H3,(H,18,21)(H,19,22). The van der Waals surface area contributed by atoms with Crippen LogP contribution in [0.4, 0.5) is 0 Å². The van der Waals surface area contributed by atoms with Crippen molar-refractivity contribution in [1.82, 2.24) is 20.4 Å². The number of fused-ring (bicyclic) bond motifs is 1. The van der Waals surface area contributed by atoms with E-state index in [-0.39, 0.29) is 11.6 Å². The van der Waals surface area contributed by atoms with Gasteiger partial charge in [-0.2, -0.15) is 0 Å². The van der Waals surface area contributed by atoms with Crippen LogP contribution in [-0.2, 0) is 7.05 Å². The first kappa shape index (κ1) is 13.8. The number of para-hydroxylation sites is 1. The van der Waals surface area contributed by atoms with Gasteiger partial charge >= 0.3 is 0 Å². The van der Waals surface area contributed by atoms with Gasteiger partial charge in [0.05, 0.1) is 5.56 Å². The molecule has 0 spiro atoms. The van der Waals surface area contributed by atoms with Gasteiger partial charge in [-0.1, -0.05) is 24.3 Å². The average molecular weight is 294 g/mol. The fraction of sp³-hybridized carbons (Fsp3) is 0.0625. The monoisotopic (exact) mass is 294 g/mol. The number of pyridine rings is 1. The minimum Gasteiger partial charge on any atom is -0.350 e. The van der Waals surface area contributed by atoms with Crippen LogP contribution < -0.4 is 10.9 Å². The molecule has 0 saturated heterocycles. The van der Waals surface area contributed by atoms with E-state index in [4.69, 9.17) is 0 Å². The van der Waals surface area contributed by atoms with E-state index < -0.39 is 5.91 Å². The summed E-state index contributed by atoms with van der Waals surface area (Å²) >= 11 is 0. The molecule has 3 aromatic rings. The van der Waals surface area contributed by atoms with Crippen molar-refractivity contribution in [2.75, 3.05) is 0 Å². The molecule has 0 unspecified atom stereocenters. The van der Waals surface area contributed by atoms with Crippen LogP contribution in [0.2, 0.25) is 0 Å². The number of benzene rings is 1. The van der Waals surface area contributed by atoms with Crippen LogP contribution in [0.1, 0.15) is 20.8 Å². The van der Waals surface area contributed by atoms with Crippen LogP contribution in [0.3, 0.4) is 0 Å². The van der Waals surface area contributed by atoms with Crippen LogP contribution in [-0.4, -0.2) is 21.4 Å². The number of hydrogen-bond donors (Lipinski definition) is 2. The van der Waals surface area contributed by atoms with Crippen LogP contribution >= 0.6 is 0 Å². The Morgan fingerprint density at radius 2 is 1.73 bits per heavy atom. The molecule has 0 saturated carbocycles. The minimum absolute atomic E-state index is 0.237. The van der Waals surface area contributed by atoms with Gasteiger partial charge < -0.3 is 4.57 Å². The van der Waals surface area contributed by atoms with Crippen LogP contribution in [0.5, 0.6) is 0 Å². The maximum atomic E-state index is 12.2. The number of aromatic nitrogens is 2. The van der Waals surface area contributed by atoms with Crippen molar-refractivity contribution in [3.63, 3.8) is 0 Å². The second kappa shape index (κ2) is 5.69. The van der Waals surface area contributed by atoms with Gasteiger partial charge in [0.1, 0.15) is 5.69 Å². The maximum Gasteiger partial charge on any atom is 0.288 e. The first-order chi connectivity index (χ1) is 10.7. The summed E-state index contributed by atoms with van der Waals surface area (Å²) in [5.74, 6) is -0.838. The molecule has 3 rings (SSSR count). The van der Waals surface area contributed by atoms with E-state index in [0.717, 1.165) is 10.9 Å². The molecule has 2 amide bonds. The highest BCUT2D eigenvalue weighted by atomic mass is 16.2. The number of hydrogen-bond acceptors (Lipinski definition) is 3. The topological polar surface area (TPSA) is 76.0 Å². The van der Waals surface area contributed by atoms with E-state index in [1.165, 1.54) is 6.20 Å². The smallest absolute Gasteiger partial charge is 0.288 e. The van der Waals surface area contributed by atoms with Gasteiger partial charge in [-0.3, -0.25) is 25.4 Å². The van der Waals surface area contributed by atoms with Crippen molar-refractivity contribution < 1.29 is 9.59 Å². The first-order valence-electron chi connectivity index (χ1n) is 6.72. The molecule has 6 nitrogen and oxygen atoms in total. The molecule has 6 heteroatoms. The van der Waals surface area contributed by atoms with Gasteiger partial charge in [0, 0.05) is 30.3 Å². The fourth-order valence-corrected chi connectivity index (χ4v) is 2.26. The van der Waals surface area contributed by atoms with Crippen LogP contribution in [0.15, 0.2) is 54.9 Å². The second-order valence-electron chi connectivity index (χ2n) is 4.79. The number of carbonyl (C=O) groups is 2. The minimum atomic E-state index is -0.464. The summed E-state index contributed by atoms with van der Waals surface area (Å²) in [5.41, 5.74) is 6.46. The Hall–Kier alpha value is -3.15. The van der Waals surface area contributed by atoms with E-state index in [2.05, 4.69) is 15.8 Å². The van der Waals surface area contributed by atoms with Crippen molar-refractivity contribution in [3.8, 4) is 0 Å². The molecule has 22 heavy (non-hydrogen) atoms. The van der Waals surface area contributed by atoms with E-state index in [1.54, 1.807) is 24.4 Å². The van der Waals surface area contributed by atoms with Crippen molar-refractivity contribution in [3.05, 3.63) is 66.1 Å². The summed E-state index contributed by atoms with van der Waals surface area (Å²) in [5, 5.41) is 0.828. The molecular formula is C16H14N4O2. The maximum absolute atomic E-state index is 12.2. The van der Waals surface area contributed by atoms with Crippen LogP contribution in [0.25, 0.3) is 10.9 Å². The largest absolute Gasteiger partial charge is 0.350 e. The van der Waals surface area contributed by atoms with Gasteiger partial charge in [-0.25, -0.2) is 0 Å². The lowest BCUT2D eigenvalue weighted by Gasteiger charge is -2.06. The van der Waals surface area contributed by atoms with Crippen molar-refractivity contribution in [2.45, 2.75) is 0 Å². The number of nitrogens with one attached hydrogen (secondary N) is 2. The Labute approximate surface area is 126 Å². The van der Waals surface area contributed by atoms with Crippen molar-refractivity contribution in [1.29, 1.82) is 0 Å². The van der Waals surface area contributed by atoms with E-state index >= 15 is 0 Å². The molecule has 0 fully saturated rings. The zero-order valence-electron chi connectivity index (χ0n) is 11.9. The fourth-order valence-electron chi connectivity index (χ4n) is 2.26. The Morgan fingerprint density at radius 1 is 1.00 bits per heavy atom. The molecule has 1 aromatic carbocycles. The number of nitrogens with zero attached hydrogens (tertiary/aromatic N) is 2. The molecule has 2 aromatic heterocycles.